The van der Waals surface area contributed by atoms with Crippen LogP contribution in [0.15, 0.2) is 35.7 Å². The Bertz CT molecular complexity index is 513. The van der Waals surface area contributed by atoms with Crippen molar-refractivity contribution in [3.05, 3.63) is 51.2 Å². The number of rotatable bonds is 6. The molecule has 1 aromatic carbocycles. The van der Waals surface area contributed by atoms with Crippen LogP contribution in [0.2, 0.25) is 5.02 Å². The van der Waals surface area contributed by atoms with E-state index in [4.69, 9.17) is 16.3 Å². The number of nitrogens with one attached hydrogen (secondary N) is 1. The Labute approximate surface area is 123 Å². The highest BCUT2D eigenvalue weighted by Gasteiger charge is 2.05. The molecule has 2 aromatic rings. The van der Waals surface area contributed by atoms with E-state index in [-0.39, 0.29) is 0 Å². The van der Waals surface area contributed by atoms with E-state index < -0.39 is 0 Å². The molecule has 0 saturated carbocycles. The number of aryl methyl sites for hydroxylation is 1. The largest absolute Gasteiger partial charge is 0.492 e. The zero-order valence-electron chi connectivity index (χ0n) is 11.2. The van der Waals surface area contributed by atoms with Crippen LogP contribution >= 0.6 is 22.9 Å². The molecular weight excluding hydrogens is 278 g/mol. The Morgan fingerprint density at radius 2 is 2.21 bits per heavy atom. The van der Waals surface area contributed by atoms with Crippen LogP contribution in [0.5, 0.6) is 5.75 Å². The summed E-state index contributed by atoms with van der Waals surface area (Å²) in [5.41, 5.74) is 1.11. The van der Waals surface area contributed by atoms with E-state index in [1.54, 1.807) is 11.3 Å². The van der Waals surface area contributed by atoms with Gasteiger partial charge in [0.1, 0.15) is 12.4 Å². The Morgan fingerprint density at radius 3 is 2.95 bits per heavy atom. The topological polar surface area (TPSA) is 21.3 Å². The van der Waals surface area contributed by atoms with E-state index in [1.807, 2.05) is 25.1 Å². The van der Waals surface area contributed by atoms with Crippen LogP contribution < -0.4 is 10.1 Å². The number of benzene rings is 1. The number of hydrogen-bond donors (Lipinski definition) is 1. The molecule has 0 saturated heterocycles. The average Bonchev–Trinajstić information content (AvgIpc) is 2.92. The SMILES string of the molecule is Cc1ccc(Cl)cc1OCCNC(C)c1cccs1. The number of halogens is 1. The second-order valence-corrected chi connectivity index (χ2v) is 5.87. The molecule has 0 spiro atoms. The summed E-state index contributed by atoms with van der Waals surface area (Å²) in [6.07, 6.45) is 0. The quantitative estimate of drug-likeness (QED) is 0.796. The van der Waals surface area contributed by atoms with E-state index in [1.165, 1.54) is 4.88 Å². The molecule has 19 heavy (non-hydrogen) atoms. The maximum Gasteiger partial charge on any atom is 0.123 e. The number of ether oxygens (including phenoxy) is 1. The predicted octanol–water partition coefficient (Wildman–Crippen LogP) is 4.44. The van der Waals surface area contributed by atoms with E-state index in [2.05, 4.69) is 29.8 Å². The summed E-state index contributed by atoms with van der Waals surface area (Å²) in [6, 6.07) is 10.3. The van der Waals surface area contributed by atoms with Crippen molar-refractivity contribution in [1.29, 1.82) is 0 Å². The summed E-state index contributed by atoms with van der Waals surface area (Å²) in [5.74, 6) is 0.859. The summed E-state index contributed by atoms with van der Waals surface area (Å²) in [7, 11) is 0. The maximum absolute atomic E-state index is 5.95. The van der Waals surface area contributed by atoms with E-state index in [0.29, 0.717) is 17.7 Å². The van der Waals surface area contributed by atoms with Crippen molar-refractivity contribution in [3.63, 3.8) is 0 Å². The van der Waals surface area contributed by atoms with Gasteiger partial charge in [-0.25, -0.2) is 0 Å². The van der Waals surface area contributed by atoms with Gasteiger partial charge in [0, 0.05) is 22.5 Å². The minimum atomic E-state index is 0.365. The molecule has 1 unspecified atom stereocenters. The van der Waals surface area contributed by atoms with Crippen LogP contribution in [0.1, 0.15) is 23.4 Å². The fourth-order valence-corrected chi connectivity index (χ4v) is 2.73. The Hall–Kier alpha value is -1.03. The first-order valence-corrected chi connectivity index (χ1v) is 7.58. The fraction of sp³-hybridized carbons (Fsp3) is 0.333. The van der Waals surface area contributed by atoms with Gasteiger partial charge in [-0.1, -0.05) is 23.7 Å². The van der Waals surface area contributed by atoms with Gasteiger partial charge in [-0.2, -0.15) is 0 Å². The van der Waals surface area contributed by atoms with Gasteiger partial charge in [-0.3, -0.25) is 0 Å². The third kappa shape index (κ3) is 4.23. The summed E-state index contributed by atoms with van der Waals surface area (Å²) in [5, 5.41) is 6.25. The van der Waals surface area contributed by atoms with Gasteiger partial charge in [0.15, 0.2) is 0 Å². The molecule has 0 aliphatic carbocycles. The molecule has 2 nitrogen and oxygen atoms in total. The Kier molecular flexibility index (Phi) is 5.25. The van der Waals surface area contributed by atoms with E-state index in [0.717, 1.165) is 17.9 Å². The minimum absolute atomic E-state index is 0.365. The lowest BCUT2D eigenvalue weighted by atomic mass is 10.2. The summed E-state index contributed by atoms with van der Waals surface area (Å²) < 4.78 is 5.74. The van der Waals surface area contributed by atoms with Crippen molar-refractivity contribution in [2.75, 3.05) is 13.2 Å². The zero-order valence-corrected chi connectivity index (χ0v) is 12.7. The van der Waals surface area contributed by atoms with Crippen molar-refractivity contribution in [2.24, 2.45) is 0 Å². The van der Waals surface area contributed by atoms with E-state index >= 15 is 0 Å². The van der Waals surface area contributed by atoms with Crippen molar-refractivity contribution >= 4 is 22.9 Å². The van der Waals surface area contributed by atoms with Crippen molar-refractivity contribution in [3.8, 4) is 5.75 Å². The van der Waals surface area contributed by atoms with Crippen LogP contribution in [0.4, 0.5) is 0 Å². The van der Waals surface area contributed by atoms with Crippen molar-refractivity contribution < 1.29 is 4.74 Å². The molecule has 1 N–H and O–H groups in total. The molecule has 0 fully saturated rings. The standard InChI is InChI=1S/C15H18ClNOS/c1-11-5-6-13(16)10-14(11)18-8-7-17-12(2)15-4-3-9-19-15/h3-6,9-10,12,17H,7-8H2,1-2H3. The van der Waals surface area contributed by atoms with Crippen LogP contribution in [-0.4, -0.2) is 13.2 Å². The monoisotopic (exact) mass is 295 g/mol. The normalized spacial score (nSPS) is 12.4. The second-order valence-electron chi connectivity index (χ2n) is 4.45. The Morgan fingerprint density at radius 1 is 1.37 bits per heavy atom. The molecular formula is C15H18ClNOS. The van der Waals surface area contributed by atoms with Gasteiger partial charge in [0.2, 0.25) is 0 Å². The fourth-order valence-electron chi connectivity index (χ4n) is 1.80. The van der Waals surface area contributed by atoms with Crippen molar-refractivity contribution in [1.82, 2.24) is 5.32 Å². The minimum Gasteiger partial charge on any atom is -0.492 e. The molecule has 1 aromatic heterocycles. The van der Waals surface area contributed by atoms with Gasteiger partial charge in [-0.05, 0) is 43.0 Å². The molecule has 0 aliphatic heterocycles. The molecule has 1 atom stereocenters. The lowest BCUT2D eigenvalue weighted by molar-refractivity contribution is 0.306. The molecule has 1 heterocycles. The molecule has 0 amide bonds. The Balaban J connectivity index is 1.76. The smallest absolute Gasteiger partial charge is 0.123 e. The van der Waals surface area contributed by atoms with Gasteiger partial charge < -0.3 is 10.1 Å². The van der Waals surface area contributed by atoms with Crippen LogP contribution in [0.3, 0.4) is 0 Å². The first kappa shape index (κ1) is 14.4. The van der Waals surface area contributed by atoms with Gasteiger partial charge in [-0.15, -0.1) is 11.3 Å². The van der Waals surface area contributed by atoms with Gasteiger partial charge in [0.05, 0.1) is 0 Å². The molecule has 2 rings (SSSR count). The lowest BCUT2D eigenvalue weighted by Crippen LogP contribution is -2.23. The molecule has 0 aliphatic rings. The molecule has 0 radical (unpaired) electrons. The van der Waals surface area contributed by atoms with Crippen LogP contribution in [0, 0.1) is 6.92 Å². The summed E-state index contributed by atoms with van der Waals surface area (Å²) in [4.78, 5) is 1.35. The third-order valence-electron chi connectivity index (χ3n) is 2.93. The highest BCUT2D eigenvalue weighted by Crippen LogP contribution is 2.22. The highest BCUT2D eigenvalue weighted by molar-refractivity contribution is 7.10. The van der Waals surface area contributed by atoms with Gasteiger partial charge >= 0.3 is 0 Å². The highest BCUT2D eigenvalue weighted by atomic mass is 35.5. The predicted molar refractivity (Wildman–Crippen MR) is 82.4 cm³/mol. The van der Waals surface area contributed by atoms with Gasteiger partial charge in [0.25, 0.3) is 0 Å². The molecule has 102 valence electrons. The zero-order chi connectivity index (χ0) is 13.7. The van der Waals surface area contributed by atoms with E-state index in [9.17, 15) is 0 Å². The molecule has 0 bridgehead atoms. The maximum atomic E-state index is 5.95. The van der Waals surface area contributed by atoms with Crippen LogP contribution in [0.25, 0.3) is 0 Å². The first-order valence-electron chi connectivity index (χ1n) is 6.32. The third-order valence-corrected chi connectivity index (χ3v) is 4.22. The average molecular weight is 296 g/mol. The first-order chi connectivity index (χ1) is 9.16. The second kappa shape index (κ2) is 6.94. The lowest BCUT2D eigenvalue weighted by Gasteiger charge is -2.13. The number of hydrogen-bond acceptors (Lipinski definition) is 3. The summed E-state index contributed by atoms with van der Waals surface area (Å²) >= 11 is 7.72. The van der Waals surface area contributed by atoms with Crippen molar-refractivity contribution in [2.45, 2.75) is 19.9 Å². The number of thiophene rings is 1. The van der Waals surface area contributed by atoms with Crippen LogP contribution in [-0.2, 0) is 0 Å². The molecule has 4 heteroatoms. The summed E-state index contributed by atoms with van der Waals surface area (Å²) in [6.45, 7) is 5.63.